The Morgan fingerprint density at radius 3 is 2.62 bits per heavy atom. The molecule has 0 saturated heterocycles. The zero-order chi connectivity index (χ0) is 12.1. The molecule has 0 aliphatic carbocycles. The highest BCUT2D eigenvalue weighted by molar-refractivity contribution is 9.09. The van der Waals surface area contributed by atoms with Crippen LogP contribution in [0, 0.1) is 12.8 Å². The fraction of sp³-hybridized carbons (Fsp3) is 0.667. The van der Waals surface area contributed by atoms with E-state index in [-0.39, 0.29) is 0 Å². The van der Waals surface area contributed by atoms with Crippen LogP contribution in [0.3, 0.4) is 0 Å². The maximum absolute atomic E-state index is 5.45. The smallest absolute Gasteiger partial charge is 0.219 e. The maximum atomic E-state index is 5.45. The van der Waals surface area contributed by atoms with Gasteiger partial charge < -0.3 is 4.74 Å². The molecule has 0 bridgehead atoms. The number of hydrogen-bond acceptors (Lipinski definition) is 3. The molecule has 0 aliphatic heterocycles. The molecule has 1 unspecified atom stereocenters. The molecule has 0 spiro atoms. The van der Waals surface area contributed by atoms with Crippen LogP contribution < -0.4 is 4.74 Å². The largest absolute Gasteiger partial charge is 0.478 e. The summed E-state index contributed by atoms with van der Waals surface area (Å²) in [7, 11) is 0. The van der Waals surface area contributed by atoms with E-state index in [9.17, 15) is 0 Å². The van der Waals surface area contributed by atoms with Gasteiger partial charge in [0.25, 0.3) is 0 Å². The summed E-state index contributed by atoms with van der Waals surface area (Å²) in [6, 6.07) is 0. The Morgan fingerprint density at radius 2 is 2.06 bits per heavy atom. The van der Waals surface area contributed by atoms with Crippen molar-refractivity contribution in [3.63, 3.8) is 0 Å². The molecule has 1 rings (SSSR count). The molecule has 1 aromatic heterocycles. The molecule has 3 nitrogen and oxygen atoms in total. The van der Waals surface area contributed by atoms with E-state index in [2.05, 4.69) is 39.7 Å². The summed E-state index contributed by atoms with van der Waals surface area (Å²) >= 11 is 3.68. The lowest BCUT2D eigenvalue weighted by Gasteiger charge is -2.15. The van der Waals surface area contributed by atoms with Crippen LogP contribution in [-0.4, -0.2) is 21.4 Å². The highest BCUT2D eigenvalue weighted by Gasteiger charge is 2.14. The highest BCUT2D eigenvalue weighted by atomic mass is 79.9. The molecule has 0 aliphatic rings. The van der Waals surface area contributed by atoms with Crippen molar-refractivity contribution in [3.8, 4) is 5.88 Å². The van der Waals surface area contributed by atoms with E-state index in [0.29, 0.717) is 23.2 Å². The Hall–Kier alpha value is -0.640. The van der Waals surface area contributed by atoms with E-state index in [0.717, 1.165) is 17.7 Å². The first kappa shape index (κ1) is 13.4. The molecule has 1 heterocycles. The molecule has 16 heavy (non-hydrogen) atoms. The van der Waals surface area contributed by atoms with Crippen molar-refractivity contribution in [1.29, 1.82) is 0 Å². The average molecular weight is 287 g/mol. The second-order valence-corrected chi connectivity index (χ2v) is 5.32. The van der Waals surface area contributed by atoms with Gasteiger partial charge in [-0.1, -0.05) is 29.8 Å². The number of ether oxygens (including phenoxy) is 1. The molecule has 0 fully saturated rings. The quantitative estimate of drug-likeness (QED) is 0.780. The van der Waals surface area contributed by atoms with Crippen molar-refractivity contribution >= 4 is 15.9 Å². The van der Waals surface area contributed by atoms with Crippen molar-refractivity contribution in [2.75, 3.05) is 6.61 Å². The molecule has 1 atom stereocenters. The summed E-state index contributed by atoms with van der Waals surface area (Å²) in [6.07, 6.45) is 2.49. The van der Waals surface area contributed by atoms with Crippen LogP contribution in [0.15, 0.2) is 6.33 Å². The normalized spacial score (nSPS) is 12.9. The lowest BCUT2D eigenvalue weighted by Crippen LogP contribution is -2.13. The third-order valence-corrected chi connectivity index (χ3v) is 3.92. The van der Waals surface area contributed by atoms with Gasteiger partial charge in [-0.05, 0) is 19.8 Å². The first-order valence-electron chi connectivity index (χ1n) is 5.63. The third kappa shape index (κ3) is 3.44. The van der Waals surface area contributed by atoms with Crippen LogP contribution in [0.2, 0.25) is 0 Å². The summed E-state index contributed by atoms with van der Waals surface area (Å²) in [5.41, 5.74) is 2.11. The Labute approximate surface area is 106 Å². The van der Waals surface area contributed by atoms with Gasteiger partial charge >= 0.3 is 0 Å². The Bertz CT molecular complexity index is 342. The molecular weight excluding hydrogens is 268 g/mol. The SMILES string of the molecule is CCOc1ncnc(CC(Br)C(C)C)c1C. The molecule has 0 radical (unpaired) electrons. The van der Waals surface area contributed by atoms with E-state index in [4.69, 9.17) is 4.74 Å². The number of alkyl halides is 1. The monoisotopic (exact) mass is 286 g/mol. The first-order valence-corrected chi connectivity index (χ1v) is 6.55. The van der Waals surface area contributed by atoms with Crippen LogP contribution in [0.5, 0.6) is 5.88 Å². The second kappa shape index (κ2) is 6.18. The van der Waals surface area contributed by atoms with Crippen molar-refractivity contribution < 1.29 is 4.74 Å². The van der Waals surface area contributed by atoms with E-state index in [1.54, 1.807) is 6.33 Å². The number of nitrogens with zero attached hydrogens (tertiary/aromatic N) is 2. The van der Waals surface area contributed by atoms with Crippen LogP contribution in [0.4, 0.5) is 0 Å². The van der Waals surface area contributed by atoms with E-state index < -0.39 is 0 Å². The molecule has 1 aromatic rings. The van der Waals surface area contributed by atoms with Gasteiger partial charge in [-0.3, -0.25) is 0 Å². The van der Waals surface area contributed by atoms with Crippen LogP contribution in [-0.2, 0) is 6.42 Å². The van der Waals surface area contributed by atoms with Crippen LogP contribution in [0.1, 0.15) is 32.0 Å². The Balaban J connectivity index is 2.84. The lowest BCUT2D eigenvalue weighted by atomic mass is 10.0. The fourth-order valence-corrected chi connectivity index (χ4v) is 1.68. The van der Waals surface area contributed by atoms with Crippen molar-refractivity contribution in [2.24, 2.45) is 5.92 Å². The van der Waals surface area contributed by atoms with Gasteiger partial charge in [-0.2, -0.15) is 0 Å². The van der Waals surface area contributed by atoms with Gasteiger partial charge in [-0.25, -0.2) is 9.97 Å². The molecule has 0 aromatic carbocycles. The molecule has 90 valence electrons. The second-order valence-electron chi connectivity index (χ2n) is 4.15. The number of rotatable bonds is 5. The third-order valence-electron chi connectivity index (χ3n) is 2.54. The van der Waals surface area contributed by atoms with Crippen LogP contribution >= 0.6 is 15.9 Å². The molecule has 0 amide bonds. The molecule has 0 N–H and O–H groups in total. The van der Waals surface area contributed by atoms with Gasteiger partial charge in [-0.15, -0.1) is 0 Å². The Kier molecular flexibility index (Phi) is 5.19. The summed E-state index contributed by atoms with van der Waals surface area (Å²) in [6.45, 7) is 9.00. The molecule has 0 saturated carbocycles. The molecule has 4 heteroatoms. The van der Waals surface area contributed by atoms with Gasteiger partial charge in [0.1, 0.15) is 6.33 Å². The average Bonchev–Trinajstić information content (AvgIpc) is 2.24. The minimum absolute atomic E-state index is 0.440. The molecular formula is C12H19BrN2O. The van der Waals surface area contributed by atoms with Gasteiger partial charge in [0, 0.05) is 16.8 Å². The summed E-state index contributed by atoms with van der Waals surface area (Å²) < 4.78 is 5.45. The highest BCUT2D eigenvalue weighted by Crippen LogP contribution is 2.22. The minimum Gasteiger partial charge on any atom is -0.478 e. The number of aromatic nitrogens is 2. The van der Waals surface area contributed by atoms with Crippen molar-refractivity contribution in [3.05, 3.63) is 17.6 Å². The standard InChI is InChI=1S/C12H19BrN2O/c1-5-16-12-9(4)11(14-7-15-12)6-10(13)8(2)3/h7-8,10H,5-6H2,1-4H3. The maximum Gasteiger partial charge on any atom is 0.219 e. The van der Waals surface area contributed by atoms with Crippen molar-refractivity contribution in [1.82, 2.24) is 9.97 Å². The fourth-order valence-electron chi connectivity index (χ4n) is 1.38. The zero-order valence-corrected chi connectivity index (χ0v) is 11.9. The topological polar surface area (TPSA) is 35.0 Å². The van der Waals surface area contributed by atoms with Crippen molar-refractivity contribution in [2.45, 2.75) is 38.9 Å². The summed E-state index contributed by atoms with van der Waals surface area (Å²) in [4.78, 5) is 8.89. The summed E-state index contributed by atoms with van der Waals surface area (Å²) in [5, 5.41) is 0. The number of hydrogen-bond donors (Lipinski definition) is 0. The van der Waals surface area contributed by atoms with E-state index >= 15 is 0 Å². The predicted octanol–water partition coefficient (Wildman–Crippen LogP) is 3.15. The van der Waals surface area contributed by atoms with Gasteiger partial charge in [0.15, 0.2) is 0 Å². The zero-order valence-electron chi connectivity index (χ0n) is 10.3. The minimum atomic E-state index is 0.440. The first-order chi connectivity index (χ1) is 7.56. The summed E-state index contributed by atoms with van der Waals surface area (Å²) in [5.74, 6) is 1.29. The Morgan fingerprint density at radius 1 is 1.38 bits per heavy atom. The van der Waals surface area contributed by atoms with Crippen LogP contribution in [0.25, 0.3) is 0 Å². The van der Waals surface area contributed by atoms with Gasteiger partial charge in [0.2, 0.25) is 5.88 Å². The van der Waals surface area contributed by atoms with E-state index in [1.165, 1.54) is 0 Å². The lowest BCUT2D eigenvalue weighted by molar-refractivity contribution is 0.322. The van der Waals surface area contributed by atoms with Gasteiger partial charge in [0.05, 0.1) is 12.3 Å². The predicted molar refractivity (Wildman–Crippen MR) is 69.2 cm³/mol. The number of halogens is 1. The van der Waals surface area contributed by atoms with E-state index in [1.807, 2.05) is 13.8 Å².